The molecular formula is C12H20FN5O2. The average molecular weight is 285 g/mol. The fourth-order valence-corrected chi connectivity index (χ4v) is 1.40. The van der Waals surface area contributed by atoms with E-state index in [0.29, 0.717) is 19.8 Å². The van der Waals surface area contributed by atoms with Gasteiger partial charge in [-0.2, -0.15) is 0 Å². The Morgan fingerprint density at radius 1 is 1.50 bits per heavy atom. The average Bonchev–Trinajstić information content (AvgIpc) is 2.42. The number of hydrogen-bond donors (Lipinski definition) is 3. The Balaban J connectivity index is 2.36. The molecule has 0 radical (unpaired) electrons. The van der Waals surface area contributed by atoms with Crippen molar-refractivity contribution in [3.05, 3.63) is 23.6 Å². The first-order valence-electron chi connectivity index (χ1n) is 6.18. The summed E-state index contributed by atoms with van der Waals surface area (Å²) in [7, 11) is 3.89. The van der Waals surface area contributed by atoms with Crippen molar-refractivity contribution < 1.29 is 13.9 Å². The van der Waals surface area contributed by atoms with Crippen LogP contribution in [0.4, 0.5) is 10.2 Å². The van der Waals surface area contributed by atoms with E-state index in [4.69, 9.17) is 10.6 Å². The first-order valence-corrected chi connectivity index (χ1v) is 6.18. The van der Waals surface area contributed by atoms with Crippen LogP contribution in [0.15, 0.2) is 12.3 Å². The fraction of sp³-hybridized carbons (Fsp3) is 0.500. The largest absolute Gasteiger partial charge is 0.378 e. The molecule has 1 heterocycles. The lowest BCUT2D eigenvalue weighted by Crippen LogP contribution is -2.29. The minimum absolute atomic E-state index is 0.110. The van der Waals surface area contributed by atoms with Crippen LogP contribution >= 0.6 is 0 Å². The molecule has 20 heavy (non-hydrogen) atoms. The van der Waals surface area contributed by atoms with E-state index < -0.39 is 11.7 Å². The van der Waals surface area contributed by atoms with Gasteiger partial charge in [0.2, 0.25) is 0 Å². The van der Waals surface area contributed by atoms with E-state index in [1.807, 2.05) is 19.0 Å². The number of nitrogens with zero attached hydrogens (tertiary/aromatic N) is 2. The lowest BCUT2D eigenvalue weighted by atomic mass is 10.2. The summed E-state index contributed by atoms with van der Waals surface area (Å²) in [6, 6.07) is 1.29. The number of hydrazine groups is 1. The molecule has 0 fully saturated rings. The molecular weight excluding hydrogens is 265 g/mol. The van der Waals surface area contributed by atoms with Crippen LogP contribution in [0.2, 0.25) is 0 Å². The highest BCUT2D eigenvalue weighted by Crippen LogP contribution is 2.13. The van der Waals surface area contributed by atoms with Gasteiger partial charge < -0.3 is 20.4 Å². The molecule has 0 aromatic carbocycles. The Bertz CT molecular complexity index is 442. The molecule has 0 aliphatic heterocycles. The maximum atomic E-state index is 13.7. The Labute approximate surface area is 117 Å². The second-order valence-corrected chi connectivity index (χ2v) is 4.34. The summed E-state index contributed by atoms with van der Waals surface area (Å²) in [5, 5.41) is 2.57. The maximum absolute atomic E-state index is 13.7. The van der Waals surface area contributed by atoms with Crippen LogP contribution in [-0.2, 0) is 4.74 Å². The number of amides is 1. The monoisotopic (exact) mass is 285 g/mol. The van der Waals surface area contributed by atoms with Gasteiger partial charge in [-0.05, 0) is 20.2 Å². The quantitative estimate of drug-likeness (QED) is 0.348. The zero-order chi connectivity index (χ0) is 15.0. The van der Waals surface area contributed by atoms with Crippen molar-refractivity contribution in [2.75, 3.05) is 45.8 Å². The Hall–Kier alpha value is -1.77. The van der Waals surface area contributed by atoms with Gasteiger partial charge in [-0.15, -0.1) is 0 Å². The standard InChI is InChI=1S/C12H20FN5O2/c1-18(2)6-8-20-7-5-16-12(19)9-3-4-15-11(17-14)10(9)13/h3-4H,5-8,14H2,1-2H3,(H,15,17)(H,16,19). The number of nitrogens with two attached hydrogens (primary N) is 1. The van der Waals surface area contributed by atoms with E-state index in [1.165, 1.54) is 12.3 Å². The molecule has 1 aromatic rings. The summed E-state index contributed by atoms with van der Waals surface area (Å²) in [4.78, 5) is 17.4. The topological polar surface area (TPSA) is 92.5 Å². The van der Waals surface area contributed by atoms with Crippen LogP contribution in [-0.4, -0.2) is 56.2 Å². The van der Waals surface area contributed by atoms with Crippen LogP contribution in [0.3, 0.4) is 0 Å². The van der Waals surface area contributed by atoms with Gasteiger partial charge in [0, 0.05) is 19.3 Å². The number of anilines is 1. The molecule has 0 bridgehead atoms. The van der Waals surface area contributed by atoms with Gasteiger partial charge in [-0.1, -0.05) is 0 Å². The number of hydrogen-bond acceptors (Lipinski definition) is 6. The number of rotatable bonds is 8. The highest BCUT2D eigenvalue weighted by atomic mass is 19.1. The summed E-state index contributed by atoms with van der Waals surface area (Å²) in [5.74, 6) is 3.62. The number of pyridine rings is 1. The summed E-state index contributed by atoms with van der Waals surface area (Å²) >= 11 is 0. The van der Waals surface area contributed by atoms with Crippen LogP contribution in [0, 0.1) is 5.82 Å². The number of carbonyl (C=O) groups is 1. The van der Waals surface area contributed by atoms with E-state index in [1.54, 1.807) is 0 Å². The highest BCUT2D eigenvalue weighted by Gasteiger charge is 2.14. The normalized spacial score (nSPS) is 10.7. The third-order valence-corrected chi connectivity index (χ3v) is 2.49. The molecule has 0 saturated carbocycles. The zero-order valence-corrected chi connectivity index (χ0v) is 11.6. The van der Waals surface area contributed by atoms with Gasteiger partial charge >= 0.3 is 0 Å². The van der Waals surface area contributed by atoms with Crippen molar-refractivity contribution >= 4 is 11.7 Å². The van der Waals surface area contributed by atoms with E-state index in [0.717, 1.165) is 6.54 Å². The van der Waals surface area contributed by atoms with Crippen molar-refractivity contribution in [3.8, 4) is 0 Å². The summed E-state index contributed by atoms with van der Waals surface area (Å²) in [5.41, 5.74) is 1.98. The third-order valence-electron chi connectivity index (χ3n) is 2.49. The number of ether oxygens (including phenoxy) is 1. The van der Waals surface area contributed by atoms with Gasteiger partial charge in [-0.3, -0.25) is 4.79 Å². The Kier molecular flexibility index (Phi) is 6.85. The van der Waals surface area contributed by atoms with E-state index in [2.05, 4.69) is 15.7 Å². The molecule has 0 spiro atoms. The first-order chi connectivity index (χ1) is 9.56. The number of aromatic nitrogens is 1. The molecule has 1 rings (SSSR count). The molecule has 0 aliphatic carbocycles. The molecule has 0 unspecified atom stereocenters. The lowest BCUT2D eigenvalue weighted by molar-refractivity contribution is 0.0896. The van der Waals surface area contributed by atoms with Crippen molar-refractivity contribution in [2.24, 2.45) is 5.84 Å². The minimum Gasteiger partial charge on any atom is -0.378 e. The highest BCUT2D eigenvalue weighted by molar-refractivity contribution is 5.95. The van der Waals surface area contributed by atoms with Crippen LogP contribution in [0.5, 0.6) is 0 Å². The molecule has 4 N–H and O–H groups in total. The second-order valence-electron chi connectivity index (χ2n) is 4.34. The molecule has 1 aromatic heterocycles. The van der Waals surface area contributed by atoms with Gasteiger partial charge in [0.1, 0.15) is 0 Å². The Morgan fingerprint density at radius 3 is 2.90 bits per heavy atom. The first kappa shape index (κ1) is 16.3. The van der Waals surface area contributed by atoms with Gasteiger partial charge in [0.15, 0.2) is 11.6 Å². The molecule has 112 valence electrons. The molecule has 8 heteroatoms. The lowest BCUT2D eigenvalue weighted by Gasteiger charge is -2.11. The molecule has 0 saturated heterocycles. The minimum atomic E-state index is -0.777. The van der Waals surface area contributed by atoms with E-state index in [-0.39, 0.29) is 11.4 Å². The zero-order valence-electron chi connectivity index (χ0n) is 11.6. The van der Waals surface area contributed by atoms with Crippen LogP contribution in [0.1, 0.15) is 10.4 Å². The summed E-state index contributed by atoms with van der Waals surface area (Å²) in [6.45, 7) is 2.06. The third kappa shape index (κ3) is 5.08. The molecule has 0 atom stereocenters. The van der Waals surface area contributed by atoms with E-state index in [9.17, 15) is 9.18 Å². The SMILES string of the molecule is CN(C)CCOCCNC(=O)c1ccnc(NN)c1F. The summed E-state index contributed by atoms with van der Waals surface area (Å²) in [6.07, 6.45) is 1.31. The fourth-order valence-electron chi connectivity index (χ4n) is 1.40. The van der Waals surface area contributed by atoms with Gasteiger partial charge in [-0.25, -0.2) is 15.2 Å². The van der Waals surface area contributed by atoms with Crippen LogP contribution in [0.25, 0.3) is 0 Å². The number of likely N-dealkylation sites (N-methyl/N-ethyl adjacent to an activating group) is 1. The van der Waals surface area contributed by atoms with Gasteiger partial charge in [0.25, 0.3) is 5.91 Å². The molecule has 7 nitrogen and oxygen atoms in total. The van der Waals surface area contributed by atoms with Gasteiger partial charge in [0.05, 0.1) is 18.8 Å². The predicted molar refractivity (Wildman–Crippen MR) is 73.7 cm³/mol. The number of nitrogens with one attached hydrogen (secondary N) is 2. The number of nitrogen functional groups attached to an aromatic ring is 1. The van der Waals surface area contributed by atoms with Crippen molar-refractivity contribution in [2.45, 2.75) is 0 Å². The van der Waals surface area contributed by atoms with Crippen LogP contribution < -0.4 is 16.6 Å². The second kappa shape index (κ2) is 8.41. The summed E-state index contributed by atoms with van der Waals surface area (Å²) < 4.78 is 19.1. The van der Waals surface area contributed by atoms with Crippen molar-refractivity contribution in [1.29, 1.82) is 0 Å². The smallest absolute Gasteiger partial charge is 0.254 e. The maximum Gasteiger partial charge on any atom is 0.254 e. The molecule has 1 amide bonds. The number of carbonyl (C=O) groups excluding carboxylic acids is 1. The van der Waals surface area contributed by atoms with E-state index >= 15 is 0 Å². The number of halogens is 1. The van der Waals surface area contributed by atoms with Crippen molar-refractivity contribution in [1.82, 2.24) is 15.2 Å². The molecule has 0 aliphatic rings. The van der Waals surface area contributed by atoms with Crippen molar-refractivity contribution in [3.63, 3.8) is 0 Å². The Morgan fingerprint density at radius 2 is 2.25 bits per heavy atom. The predicted octanol–water partition coefficient (Wildman–Crippen LogP) is -0.186.